The minimum atomic E-state index is 0.533. The van der Waals surface area contributed by atoms with Crippen LogP contribution in [0.4, 0.5) is 0 Å². The fourth-order valence-corrected chi connectivity index (χ4v) is 1.38. The first kappa shape index (κ1) is 13.4. The van der Waals surface area contributed by atoms with Crippen molar-refractivity contribution < 1.29 is 4.74 Å². The molecule has 0 spiro atoms. The van der Waals surface area contributed by atoms with Crippen LogP contribution in [-0.2, 0) is 4.74 Å². The predicted molar refractivity (Wildman–Crippen MR) is 58.0 cm³/mol. The van der Waals surface area contributed by atoms with Crippen molar-refractivity contribution in [1.29, 1.82) is 5.26 Å². The van der Waals surface area contributed by atoms with Crippen molar-refractivity contribution in [2.75, 3.05) is 26.8 Å². The Hall–Kier alpha value is -0.590. The van der Waals surface area contributed by atoms with Crippen molar-refractivity contribution in [3.8, 4) is 6.07 Å². The van der Waals surface area contributed by atoms with Crippen LogP contribution in [-0.4, -0.2) is 37.7 Å². The lowest BCUT2D eigenvalue weighted by atomic mass is 10.2. The van der Waals surface area contributed by atoms with Crippen LogP contribution >= 0.6 is 0 Å². The molecule has 0 saturated carbocycles. The third-order valence-electron chi connectivity index (χ3n) is 2.28. The van der Waals surface area contributed by atoms with Crippen LogP contribution in [0.2, 0.25) is 0 Å². The lowest BCUT2D eigenvalue weighted by Crippen LogP contribution is -2.32. The van der Waals surface area contributed by atoms with E-state index in [4.69, 9.17) is 10.00 Å². The minimum Gasteiger partial charge on any atom is -0.385 e. The molecule has 0 rings (SSSR count). The van der Waals surface area contributed by atoms with Gasteiger partial charge in [0.05, 0.1) is 6.07 Å². The predicted octanol–water partition coefficient (Wildman–Crippen LogP) is 2.04. The lowest BCUT2D eigenvalue weighted by Gasteiger charge is -2.25. The van der Waals surface area contributed by atoms with Crippen LogP contribution in [0.3, 0.4) is 0 Å². The van der Waals surface area contributed by atoms with Crippen LogP contribution in [0.15, 0.2) is 0 Å². The Labute approximate surface area is 87.7 Å². The van der Waals surface area contributed by atoms with Gasteiger partial charge in [-0.15, -0.1) is 0 Å². The molecule has 0 aliphatic carbocycles. The highest BCUT2D eigenvalue weighted by Gasteiger charge is 2.07. The zero-order valence-electron chi connectivity index (χ0n) is 9.62. The maximum atomic E-state index is 8.51. The fourth-order valence-electron chi connectivity index (χ4n) is 1.38. The Morgan fingerprint density at radius 2 is 2.00 bits per heavy atom. The summed E-state index contributed by atoms with van der Waals surface area (Å²) >= 11 is 0. The third kappa shape index (κ3) is 6.88. The molecular formula is C11H22N2O. The molecule has 0 aromatic rings. The smallest absolute Gasteiger partial charge is 0.0635 e. The number of ether oxygens (including phenoxy) is 1. The molecule has 0 aliphatic rings. The number of hydrogen-bond acceptors (Lipinski definition) is 3. The average Bonchev–Trinajstić information content (AvgIpc) is 2.16. The molecule has 0 N–H and O–H groups in total. The molecular weight excluding hydrogens is 176 g/mol. The Kier molecular flexibility index (Phi) is 8.61. The Bertz CT molecular complexity index is 163. The molecule has 0 aromatic heterocycles. The SMILES string of the molecule is COCCCCN(CCC#N)C(C)C. The van der Waals surface area contributed by atoms with E-state index in [1.807, 2.05) is 0 Å². The molecule has 0 saturated heterocycles. The highest BCUT2D eigenvalue weighted by molar-refractivity contribution is 4.73. The van der Waals surface area contributed by atoms with E-state index in [2.05, 4.69) is 24.8 Å². The van der Waals surface area contributed by atoms with Gasteiger partial charge in [0.15, 0.2) is 0 Å². The van der Waals surface area contributed by atoms with Crippen LogP contribution in [0.1, 0.15) is 33.1 Å². The average molecular weight is 198 g/mol. The van der Waals surface area contributed by atoms with Gasteiger partial charge in [-0.25, -0.2) is 0 Å². The van der Waals surface area contributed by atoms with Crippen molar-refractivity contribution in [2.24, 2.45) is 0 Å². The van der Waals surface area contributed by atoms with E-state index in [-0.39, 0.29) is 0 Å². The summed E-state index contributed by atoms with van der Waals surface area (Å²) in [5.41, 5.74) is 0. The summed E-state index contributed by atoms with van der Waals surface area (Å²) in [4.78, 5) is 2.35. The second-order valence-corrected chi connectivity index (χ2v) is 3.74. The molecule has 14 heavy (non-hydrogen) atoms. The van der Waals surface area contributed by atoms with Gasteiger partial charge in [-0.3, -0.25) is 4.90 Å². The van der Waals surface area contributed by atoms with Gasteiger partial charge in [-0.2, -0.15) is 5.26 Å². The summed E-state index contributed by atoms with van der Waals surface area (Å²) in [6.45, 7) is 7.15. The molecule has 0 heterocycles. The van der Waals surface area contributed by atoms with E-state index in [1.165, 1.54) is 0 Å². The Morgan fingerprint density at radius 3 is 2.50 bits per heavy atom. The van der Waals surface area contributed by atoms with Gasteiger partial charge in [0, 0.05) is 32.7 Å². The van der Waals surface area contributed by atoms with Gasteiger partial charge in [0.2, 0.25) is 0 Å². The number of nitrogens with zero attached hydrogens (tertiary/aromatic N) is 2. The zero-order valence-corrected chi connectivity index (χ0v) is 9.62. The molecule has 0 bridgehead atoms. The summed E-state index contributed by atoms with van der Waals surface area (Å²) in [7, 11) is 1.73. The van der Waals surface area contributed by atoms with Crippen LogP contribution in [0.25, 0.3) is 0 Å². The van der Waals surface area contributed by atoms with E-state index < -0.39 is 0 Å². The number of methoxy groups -OCH3 is 1. The van der Waals surface area contributed by atoms with E-state index in [9.17, 15) is 0 Å². The zero-order chi connectivity index (χ0) is 10.8. The second kappa shape index (κ2) is 8.98. The highest BCUT2D eigenvalue weighted by atomic mass is 16.5. The maximum Gasteiger partial charge on any atom is 0.0635 e. The highest BCUT2D eigenvalue weighted by Crippen LogP contribution is 2.02. The van der Waals surface area contributed by atoms with E-state index in [0.29, 0.717) is 12.5 Å². The normalized spacial score (nSPS) is 10.9. The van der Waals surface area contributed by atoms with Crippen molar-refractivity contribution in [2.45, 2.75) is 39.2 Å². The monoisotopic (exact) mass is 198 g/mol. The van der Waals surface area contributed by atoms with Crippen molar-refractivity contribution in [3.05, 3.63) is 0 Å². The second-order valence-electron chi connectivity index (χ2n) is 3.74. The Balaban J connectivity index is 3.58. The van der Waals surface area contributed by atoms with Crippen LogP contribution in [0, 0.1) is 11.3 Å². The number of hydrogen-bond donors (Lipinski definition) is 0. The van der Waals surface area contributed by atoms with Gasteiger partial charge >= 0.3 is 0 Å². The summed E-state index contributed by atoms with van der Waals surface area (Å²) < 4.78 is 4.99. The van der Waals surface area contributed by atoms with Crippen LogP contribution in [0.5, 0.6) is 0 Å². The van der Waals surface area contributed by atoms with Crippen molar-refractivity contribution in [1.82, 2.24) is 4.90 Å². The van der Waals surface area contributed by atoms with Gasteiger partial charge in [-0.05, 0) is 33.2 Å². The molecule has 0 aromatic carbocycles. The number of nitriles is 1. The minimum absolute atomic E-state index is 0.533. The topological polar surface area (TPSA) is 36.3 Å². The van der Waals surface area contributed by atoms with Crippen molar-refractivity contribution in [3.63, 3.8) is 0 Å². The van der Waals surface area contributed by atoms with Gasteiger partial charge in [0.25, 0.3) is 0 Å². The van der Waals surface area contributed by atoms with Gasteiger partial charge in [0.1, 0.15) is 0 Å². The molecule has 82 valence electrons. The number of rotatable bonds is 8. The maximum absolute atomic E-state index is 8.51. The molecule has 3 heteroatoms. The van der Waals surface area contributed by atoms with E-state index in [1.54, 1.807) is 7.11 Å². The number of unbranched alkanes of at least 4 members (excludes halogenated alkanes) is 1. The van der Waals surface area contributed by atoms with E-state index >= 15 is 0 Å². The summed E-state index contributed by atoms with van der Waals surface area (Å²) in [5, 5.41) is 8.51. The molecule has 0 aliphatic heterocycles. The summed E-state index contributed by atoms with van der Waals surface area (Å²) in [6.07, 6.45) is 2.88. The molecule has 0 atom stereocenters. The summed E-state index contributed by atoms with van der Waals surface area (Å²) in [6, 6.07) is 2.72. The molecule has 0 fully saturated rings. The first-order valence-electron chi connectivity index (χ1n) is 5.32. The first-order chi connectivity index (χ1) is 6.72. The van der Waals surface area contributed by atoms with E-state index in [0.717, 1.165) is 32.5 Å². The van der Waals surface area contributed by atoms with Crippen LogP contribution < -0.4 is 0 Å². The largest absolute Gasteiger partial charge is 0.385 e. The van der Waals surface area contributed by atoms with Crippen molar-refractivity contribution >= 4 is 0 Å². The first-order valence-corrected chi connectivity index (χ1v) is 5.32. The molecule has 0 unspecified atom stereocenters. The third-order valence-corrected chi connectivity index (χ3v) is 2.28. The fraction of sp³-hybridized carbons (Fsp3) is 0.909. The molecule has 0 amide bonds. The van der Waals surface area contributed by atoms with Gasteiger partial charge in [-0.1, -0.05) is 0 Å². The summed E-state index contributed by atoms with van der Waals surface area (Å²) in [5.74, 6) is 0. The Morgan fingerprint density at radius 1 is 1.29 bits per heavy atom. The quantitative estimate of drug-likeness (QED) is 0.560. The lowest BCUT2D eigenvalue weighted by molar-refractivity contribution is 0.176. The molecule has 3 nitrogen and oxygen atoms in total. The standard InChI is InChI=1S/C11H22N2O/c1-11(2)13(9-6-7-12)8-4-5-10-14-3/h11H,4-6,8-10H2,1-3H3. The van der Waals surface area contributed by atoms with Gasteiger partial charge < -0.3 is 4.74 Å². The molecule has 0 radical (unpaired) electrons.